The SMILES string of the molecule is COc1ccc(C(=O)NNC(=O)c2sc(-c3cccc(Cl)c3)nc2C)cc1OC. The molecule has 0 aliphatic carbocycles. The lowest BCUT2D eigenvalue weighted by molar-refractivity contribution is 0.0848. The molecule has 2 aromatic carbocycles. The Balaban J connectivity index is 1.70. The van der Waals surface area contributed by atoms with Gasteiger partial charge in [0.1, 0.15) is 9.88 Å². The lowest BCUT2D eigenvalue weighted by Gasteiger charge is -2.10. The molecule has 0 fully saturated rings. The Kier molecular flexibility index (Phi) is 6.36. The molecule has 2 amide bonds. The third-order valence-electron chi connectivity index (χ3n) is 4.01. The fraction of sp³-hybridized carbons (Fsp3) is 0.150. The zero-order valence-electron chi connectivity index (χ0n) is 15.9. The number of hydrogen-bond donors (Lipinski definition) is 2. The molecule has 29 heavy (non-hydrogen) atoms. The van der Waals surface area contributed by atoms with Gasteiger partial charge in [0.15, 0.2) is 11.5 Å². The molecule has 0 saturated carbocycles. The maximum Gasteiger partial charge on any atom is 0.281 e. The van der Waals surface area contributed by atoms with Crippen LogP contribution in [0.2, 0.25) is 5.02 Å². The van der Waals surface area contributed by atoms with E-state index in [1.54, 1.807) is 31.2 Å². The molecular formula is C20H18ClN3O4S. The summed E-state index contributed by atoms with van der Waals surface area (Å²) in [6.45, 7) is 1.73. The first-order valence-electron chi connectivity index (χ1n) is 8.49. The minimum absolute atomic E-state index is 0.309. The number of nitrogens with zero attached hydrogens (tertiary/aromatic N) is 1. The molecule has 3 aromatic rings. The zero-order valence-corrected chi connectivity index (χ0v) is 17.5. The van der Waals surface area contributed by atoms with Gasteiger partial charge in [-0.1, -0.05) is 23.7 Å². The molecule has 0 aliphatic rings. The maximum absolute atomic E-state index is 12.5. The van der Waals surface area contributed by atoms with E-state index in [1.807, 2.05) is 12.1 Å². The number of ether oxygens (including phenoxy) is 2. The number of aromatic nitrogens is 1. The van der Waals surface area contributed by atoms with Crippen molar-refractivity contribution >= 4 is 34.8 Å². The van der Waals surface area contributed by atoms with Crippen LogP contribution in [0.15, 0.2) is 42.5 Å². The van der Waals surface area contributed by atoms with Crippen molar-refractivity contribution in [3.05, 3.63) is 63.6 Å². The summed E-state index contributed by atoms with van der Waals surface area (Å²) in [4.78, 5) is 29.7. The van der Waals surface area contributed by atoms with Crippen molar-refractivity contribution in [1.29, 1.82) is 0 Å². The normalized spacial score (nSPS) is 10.3. The average molecular weight is 432 g/mol. The topological polar surface area (TPSA) is 89.6 Å². The molecule has 0 spiro atoms. The number of amides is 2. The van der Waals surface area contributed by atoms with E-state index in [0.717, 1.165) is 5.56 Å². The Bertz CT molecular complexity index is 1070. The van der Waals surface area contributed by atoms with E-state index in [9.17, 15) is 9.59 Å². The highest BCUT2D eigenvalue weighted by molar-refractivity contribution is 7.17. The quantitative estimate of drug-likeness (QED) is 0.598. The standard InChI is InChI=1S/C20H18ClN3O4S/c1-11-17(29-20(22-11)13-5-4-6-14(21)9-13)19(26)24-23-18(25)12-7-8-15(27-2)16(10-12)28-3/h4-10H,1-3H3,(H,23,25)(H,24,26). The predicted molar refractivity (Wildman–Crippen MR) is 112 cm³/mol. The van der Waals surface area contributed by atoms with Gasteiger partial charge in [0, 0.05) is 16.1 Å². The Morgan fingerprint density at radius 2 is 1.72 bits per heavy atom. The van der Waals surface area contributed by atoms with Gasteiger partial charge in [0.25, 0.3) is 11.8 Å². The van der Waals surface area contributed by atoms with E-state index < -0.39 is 11.8 Å². The van der Waals surface area contributed by atoms with Crippen molar-refractivity contribution < 1.29 is 19.1 Å². The minimum Gasteiger partial charge on any atom is -0.493 e. The molecule has 1 aromatic heterocycles. The molecular weight excluding hydrogens is 414 g/mol. The van der Waals surface area contributed by atoms with E-state index in [1.165, 1.54) is 31.6 Å². The first-order valence-corrected chi connectivity index (χ1v) is 9.68. The van der Waals surface area contributed by atoms with Crippen LogP contribution >= 0.6 is 22.9 Å². The molecule has 1 heterocycles. The van der Waals surface area contributed by atoms with Crippen LogP contribution < -0.4 is 20.3 Å². The average Bonchev–Trinajstić information content (AvgIpc) is 3.13. The second kappa shape index (κ2) is 8.93. The van der Waals surface area contributed by atoms with Gasteiger partial charge in [-0.25, -0.2) is 4.98 Å². The molecule has 0 bridgehead atoms. The van der Waals surface area contributed by atoms with Gasteiger partial charge in [-0.05, 0) is 37.3 Å². The van der Waals surface area contributed by atoms with Crippen molar-refractivity contribution in [2.24, 2.45) is 0 Å². The van der Waals surface area contributed by atoms with Crippen LogP contribution in [0.25, 0.3) is 10.6 Å². The predicted octanol–water partition coefficient (Wildman–Crippen LogP) is 3.86. The van der Waals surface area contributed by atoms with E-state index in [0.29, 0.717) is 37.7 Å². The lowest BCUT2D eigenvalue weighted by Crippen LogP contribution is -2.41. The monoisotopic (exact) mass is 431 g/mol. The maximum atomic E-state index is 12.5. The van der Waals surface area contributed by atoms with Gasteiger partial charge in [0.2, 0.25) is 0 Å². The van der Waals surface area contributed by atoms with Crippen molar-refractivity contribution in [3.63, 3.8) is 0 Å². The third kappa shape index (κ3) is 4.67. The molecule has 9 heteroatoms. The number of benzene rings is 2. The highest BCUT2D eigenvalue weighted by atomic mass is 35.5. The zero-order chi connectivity index (χ0) is 21.0. The third-order valence-corrected chi connectivity index (χ3v) is 5.45. The fourth-order valence-corrected chi connectivity index (χ4v) is 3.72. The summed E-state index contributed by atoms with van der Waals surface area (Å²) in [5.41, 5.74) is 6.49. The summed E-state index contributed by atoms with van der Waals surface area (Å²) >= 11 is 7.24. The van der Waals surface area contributed by atoms with Crippen molar-refractivity contribution in [2.45, 2.75) is 6.92 Å². The van der Waals surface area contributed by atoms with Gasteiger partial charge in [0.05, 0.1) is 19.9 Å². The molecule has 0 saturated heterocycles. The van der Waals surface area contributed by atoms with Crippen LogP contribution in [0, 0.1) is 6.92 Å². The van der Waals surface area contributed by atoms with Crippen LogP contribution in [0.1, 0.15) is 25.7 Å². The fourth-order valence-electron chi connectivity index (χ4n) is 2.57. The van der Waals surface area contributed by atoms with Crippen LogP contribution in [-0.4, -0.2) is 31.0 Å². The van der Waals surface area contributed by atoms with E-state index >= 15 is 0 Å². The Morgan fingerprint density at radius 1 is 1.00 bits per heavy atom. The molecule has 150 valence electrons. The number of rotatable bonds is 5. The van der Waals surface area contributed by atoms with Crippen molar-refractivity contribution in [1.82, 2.24) is 15.8 Å². The summed E-state index contributed by atoms with van der Waals surface area (Å²) < 4.78 is 10.3. The molecule has 7 nitrogen and oxygen atoms in total. The first-order chi connectivity index (χ1) is 13.9. The number of thiazole rings is 1. The summed E-state index contributed by atoms with van der Waals surface area (Å²) in [6, 6.07) is 11.9. The number of hydrogen-bond acceptors (Lipinski definition) is 6. The van der Waals surface area contributed by atoms with Gasteiger partial charge in [-0.2, -0.15) is 0 Å². The molecule has 0 atom stereocenters. The van der Waals surface area contributed by atoms with Gasteiger partial charge >= 0.3 is 0 Å². The minimum atomic E-state index is -0.489. The largest absolute Gasteiger partial charge is 0.493 e. The number of halogens is 1. The van der Waals surface area contributed by atoms with Gasteiger partial charge < -0.3 is 9.47 Å². The molecule has 0 unspecified atom stereocenters. The van der Waals surface area contributed by atoms with E-state index in [4.69, 9.17) is 21.1 Å². The first kappa shape index (κ1) is 20.6. The Morgan fingerprint density at radius 3 is 2.41 bits per heavy atom. The lowest BCUT2D eigenvalue weighted by atomic mass is 10.2. The van der Waals surface area contributed by atoms with Crippen LogP contribution in [0.4, 0.5) is 0 Å². The van der Waals surface area contributed by atoms with Crippen molar-refractivity contribution in [3.8, 4) is 22.1 Å². The second-order valence-corrected chi connectivity index (χ2v) is 7.36. The number of hydrazine groups is 1. The number of methoxy groups -OCH3 is 2. The highest BCUT2D eigenvalue weighted by Gasteiger charge is 2.18. The summed E-state index contributed by atoms with van der Waals surface area (Å²) in [6.07, 6.45) is 0. The number of aryl methyl sites for hydroxylation is 1. The summed E-state index contributed by atoms with van der Waals surface area (Å²) in [7, 11) is 2.98. The molecule has 0 radical (unpaired) electrons. The summed E-state index contributed by atoms with van der Waals surface area (Å²) in [5.74, 6) is -0.0310. The van der Waals surface area contributed by atoms with Gasteiger partial charge in [-0.15, -0.1) is 11.3 Å². The number of nitrogens with one attached hydrogen (secondary N) is 2. The van der Waals surface area contributed by atoms with E-state index in [-0.39, 0.29) is 0 Å². The molecule has 2 N–H and O–H groups in total. The van der Waals surface area contributed by atoms with Crippen molar-refractivity contribution in [2.75, 3.05) is 14.2 Å². The van der Waals surface area contributed by atoms with Crippen LogP contribution in [0.5, 0.6) is 11.5 Å². The van der Waals surface area contributed by atoms with Crippen LogP contribution in [-0.2, 0) is 0 Å². The molecule has 3 rings (SSSR count). The number of carbonyl (C=O) groups is 2. The summed E-state index contributed by atoms with van der Waals surface area (Å²) in [5, 5.41) is 1.25. The Labute approximate surface area is 176 Å². The van der Waals surface area contributed by atoms with Gasteiger partial charge in [-0.3, -0.25) is 20.4 Å². The smallest absolute Gasteiger partial charge is 0.281 e. The second-order valence-electron chi connectivity index (χ2n) is 5.92. The highest BCUT2D eigenvalue weighted by Crippen LogP contribution is 2.29. The van der Waals surface area contributed by atoms with Crippen LogP contribution in [0.3, 0.4) is 0 Å². The van der Waals surface area contributed by atoms with E-state index in [2.05, 4.69) is 15.8 Å². The Hall–Kier alpha value is -3.10. The number of carbonyl (C=O) groups excluding carboxylic acids is 2. The molecule has 0 aliphatic heterocycles.